The van der Waals surface area contributed by atoms with E-state index in [1.54, 1.807) is 0 Å². The zero-order valence-corrected chi connectivity index (χ0v) is 18.3. The van der Waals surface area contributed by atoms with Crippen LogP contribution in [0.1, 0.15) is 48.2 Å². The van der Waals surface area contributed by atoms with Gasteiger partial charge in [-0.05, 0) is 90.0 Å². The summed E-state index contributed by atoms with van der Waals surface area (Å²) in [5.41, 5.74) is 4.87. The number of ether oxygens (including phenoxy) is 1. The summed E-state index contributed by atoms with van der Waals surface area (Å²) in [6.45, 7) is 3.93. The first-order valence-electron chi connectivity index (χ1n) is 9.90. The molecule has 1 aliphatic heterocycles. The smallest absolute Gasteiger partial charge is 0.310 e. The molecule has 2 aromatic rings. The third kappa shape index (κ3) is 3.98. The number of fused-ring (bicyclic) bond motifs is 2. The highest BCUT2D eigenvalue weighted by molar-refractivity contribution is 9.10. The molecule has 28 heavy (non-hydrogen) atoms. The molecule has 1 aromatic heterocycles. The number of aromatic nitrogens is 1. The van der Waals surface area contributed by atoms with Gasteiger partial charge in [-0.3, -0.25) is 14.7 Å². The minimum atomic E-state index is -0.0823. The van der Waals surface area contributed by atoms with Crippen LogP contribution in [0.15, 0.2) is 34.9 Å². The number of hydrogen-bond donors (Lipinski definition) is 0. The van der Waals surface area contributed by atoms with Crippen LogP contribution >= 0.6 is 27.5 Å². The van der Waals surface area contributed by atoms with Crippen LogP contribution in [0.5, 0.6) is 0 Å². The molecule has 148 valence electrons. The second-order valence-corrected chi connectivity index (χ2v) is 8.88. The van der Waals surface area contributed by atoms with Gasteiger partial charge in [0, 0.05) is 22.2 Å². The highest BCUT2D eigenvalue weighted by Gasteiger charge is 2.35. The van der Waals surface area contributed by atoms with E-state index in [-0.39, 0.29) is 17.9 Å². The Kier molecular flexibility index (Phi) is 6.04. The molecule has 0 N–H and O–H groups in total. The zero-order chi connectivity index (χ0) is 19.7. The Morgan fingerprint density at radius 3 is 2.96 bits per heavy atom. The molecule has 0 radical (unpaired) electrons. The Balaban J connectivity index is 1.75. The summed E-state index contributed by atoms with van der Waals surface area (Å²) in [5.74, 6) is -0.159. The number of carbonyl (C=O) groups excluding carboxylic acids is 1. The number of aryl methyl sites for hydroxylation is 2. The number of carbonyl (C=O) groups is 1. The van der Waals surface area contributed by atoms with Crippen LogP contribution in [-0.4, -0.2) is 35.5 Å². The SMILES string of the molecule is CCOC(=O)C1CCCN(C2c3ccc(Cl)cc3CCc3cc(Br)cnc32)C1. The average Bonchev–Trinajstić information content (AvgIpc) is 2.84. The molecule has 0 bridgehead atoms. The van der Waals surface area contributed by atoms with Crippen molar-refractivity contribution in [2.45, 2.75) is 38.6 Å². The predicted octanol–water partition coefficient (Wildman–Crippen LogP) is 4.96. The van der Waals surface area contributed by atoms with E-state index in [1.165, 1.54) is 16.7 Å². The van der Waals surface area contributed by atoms with E-state index in [2.05, 4.69) is 39.0 Å². The van der Waals surface area contributed by atoms with Gasteiger partial charge in [0.2, 0.25) is 0 Å². The van der Waals surface area contributed by atoms with Crippen molar-refractivity contribution in [2.24, 2.45) is 5.92 Å². The Labute approximate surface area is 179 Å². The molecule has 1 saturated heterocycles. The van der Waals surface area contributed by atoms with Gasteiger partial charge in [0.15, 0.2) is 0 Å². The fraction of sp³-hybridized carbons (Fsp3) is 0.455. The average molecular weight is 464 g/mol. The summed E-state index contributed by atoms with van der Waals surface area (Å²) >= 11 is 9.87. The van der Waals surface area contributed by atoms with Gasteiger partial charge in [0.1, 0.15) is 0 Å². The topological polar surface area (TPSA) is 42.4 Å². The number of piperidine rings is 1. The third-order valence-electron chi connectivity index (χ3n) is 5.73. The van der Waals surface area contributed by atoms with Crippen LogP contribution in [0.4, 0.5) is 0 Å². The van der Waals surface area contributed by atoms with Gasteiger partial charge < -0.3 is 4.74 Å². The van der Waals surface area contributed by atoms with Crippen LogP contribution < -0.4 is 0 Å². The standard InChI is InChI=1S/C22H24BrClN2O2/c1-2-28-22(27)16-4-3-9-26(13-16)21-19-8-7-18(24)11-14(19)5-6-15-10-17(23)12-25-20(15)21/h7-8,10-12,16,21H,2-6,9,13H2,1H3. The number of pyridine rings is 1. The lowest BCUT2D eigenvalue weighted by atomic mass is 9.91. The van der Waals surface area contributed by atoms with Crippen molar-refractivity contribution in [1.82, 2.24) is 9.88 Å². The van der Waals surface area contributed by atoms with E-state index in [0.717, 1.165) is 47.4 Å². The number of rotatable bonds is 3. The first-order chi connectivity index (χ1) is 13.6. The maximum absolute atomic E-state index is 12.4. The number of hydrogen-bond acceptors (Lipinski definition) is 4. The van der Waals surface area contributed by atoms with Crippen molar-refractivity contribution in [1.29, 1.82) is 0 Å². The molecule has 0 spiro atoms. The van der Waals surface area contributed by atoms with Crippen LogP contribution in [0.25, 0.3) is 0 Å². The highest BCUT2D eigenvalue weighted by Crippen LogP contribution is 2.39. The first-order valence-corrected chi connectivity index (χ1v) is 11.1. The minimum absolute atomic E-state index is 0.0371. The number of benzene rings is 1. The van der Waals surface area contributed by atoms with E-state index in [4.69, 9.17) is 21.3 Å². The van der Waals surface area contributed by atoms with E-state index in [1.807, 2.05) is 19.2 Å². The molecular formula is C22H24BrClN2O2. The molecule has 2 heterocycles. The Bertz CT molecular complexity index is 835. The van der Waals surface area contributed by atoms with Crippen LogP contribution in [0.2, 0.25) is 5.02 Å². The van der Waals surface area contributed by atoms with Crippen molar-refractivity contribution in [3.63, 3.8) is 0 Å². The Hall–Kier alpha value is -1.43. The second-order valence-electron chi connectivity index (χ2n) is 7.53. The lowest BCUT2D eigenvalue weighted by Gasteiger charge is -2.38. The molecule has 1 fully saturated rings. The van der Waals surface area contributed by atoms with Gasteiger partial charge in [-0.25, -0.2) is 0 Å². The third-order valence-corrected chi connectivity index (χ3v) is 6.40. The van der Waals surface area contributed by atoms with Crippen molar-refractivity contribution in [3.05, 3.63) is 62.3 Å². The fourth-order valence-corrected chi connectivity index (χ4v) is 5.05. The van der Waals surface area contributed by atoms with Gasteiger partial charge in [0.05, 0.1) is 24.3 Å². The lowest BCUT2D eigenvalue weighted by Crippen LogP contribution is -2.42. The van der Waals surface area contributed by atoms with E-state index in [9.17, 15) is 4.79 Å². The summed E-state index contributed by atoms with van der Waals surface area (Å²) in [6, 6.07) is 8.39. The number of halogens is 2. The maximum Gasteiger partial charge on any atom is 0.310 e. The molecule has 1 aromatic carbocycles. The predicted molar refractivity (Wildman–Crippen MR) is 114 cm³/mol. The normalized spacial score (nSPS) is 22.1. The molecule has 0 saturated carbocycles. The molecular weight excluding hydrogens is 440 g/mol. The fourth-order valence-electron chi connectivity index (χ4n) is 4.48. The van der Waals surface area contributed by atoms with Gasteiger partial charge in [-0.1, -0.05) is 17.7 Å². The van der Waals surface area contributed by atoms with E-state index in [0.29, 0.717) is 13.2 Å². The van der Waals surface area contributed by atoms with Gasteiger partial charge in [-0.2, -0.15) is 0 Å². The van der Waals surface area contributed by atoms with Gasteiger partial charge in [0.25, 0.3) is 0 Å². The Morgan fingerprint density at radius 1 is 1.32 bits per heavy atom. The van der Waals surface area contributed by atoms with E-state index >= 15 is 0 Å². The number of nitrogens with zero attached hydrogens (tertiary/aromatic N) is 2. The summed E-state index contributed by atoms with van der Waals surface area (Å²) in [5, 5.41) is 0.764. The quantitative estimate of drug-likeness (QED) is 0.603. The molecule has 1 aliphatic carbocycles. The zero-order valence-electron chi connectivity index (χ0n) is 16.0. The van der Waals surface area contributed by atoms with Crippen molar-refractivity contribution in [3.8, 4) is 0 Å². The summed E-state index contributed by atoms with van der Waals surface area (Å²) in [6.07, 6.45) is 5.61. The van der Waals surface area contributed by atoms with Crippen molar-refractivity contribution in [2.75, 3.05) is 19.7 Å². The highest BCUT2D eigenvalue weighted by atomic mass is 79.9. The van der Waals surface area contributed by atoms with E-state index < -0.39 is 0 Å². The van der Waals surface area contributed by atoms with Gasteiger partial charge in [-0.15, -0.1) is 0 Å². The van der Waals surface area contributed by atoms with Crippen LogP contribution in [0.3, 0.4) is 0 Å². The van der Waals surface area contributed by atoms with Crippen molar-refractivity contribution < 1.29 is 9.53 Å². The Morgan fingerprint density at radius 2 is 2.14 bits per heavy atom. The molecule has 2 atom stereocenters. The lowest BCUT2D eigenvalue weighted by molar-refractivity contribution is -0.150. The summed E-state index contributed by atoms with van der Waals surface area (Å²) in [7, 11) is 0. The monoisotopic (exact) mass is 462 g/mol. The largest absolute Gasteiger partial charge is 0.466 e. The van der Waals surface area contributed by atoms with Crippen LogP contribution in [0, 0.1) is 5.92 Å². The van der Waals surface area contributed by atoms with Crippen molar-refractivity contribution >= 4 is 33.5 Å². The van der Waals surface area contributed by atoms with Crippen LogP contribution in [-0.2, 0) is 22.4 Å². The number of esters is 1. The molecule has 6 heteroatoms. The molecule has 4 rings (SSSR count). The van der Waals surface area contributed by atoms with Gasteiger partial charge >= 0.3 is 5.97 Å². The summed E-state index contributed by atoms with van der Waals surface area (Å²) in [4.78, 5) is 19.6. The first kappa shape index (κ1) is 19.9. The molecule has 2 aliphatic rings. The number of likely N-dealkylation sites (tertiary alicyclic amines) is 1. The second kappa shape index (κ2) is 8.52. The molecule has 0 amide bonds. The minimum Gasteiger partial charge on any atom is -0.466 e. The molecule has 4 nitrogen and oxygen atoms in total. The molecule has 2 unspecified atom stereocenters. The summed E-state index contributed by atoms with van der Waals surface area (Å²) < 4.78 is 6.30. The maximum atomic E-state index is 12.4.